The monoisotopic (exact) mass is 248 g/mol. The summed E-state index contributed by atoms with van der Waals surface area (Å²) in [5.41, 5.74) is 1.03. The van der Waals surface area contributed by atoms with Crippen LogP contribution in [0.15, 0.2) is 12.2 Å². The summed E-state index contributed by atoms with van der Waals surface area (Å²) in [6.07, 6.45) is 11.3. The molecule has 0 aromatic rings. The minimum atomic E-state index is -0.383. The third-order valence-electron chi connectivity index (χ3n) is 6.18. The highest BCUT2D eigenvalue weighted by atomic mass is 16.3. The fourth-order valence-electron chi connectivity index (χ4n) is 5.47. The second-order valence-corrected chi connectivity index (χ2v) is 6.96. The Hall–Kier alpha value is -0.300. The Labute approximate surface area is 112 Å². The molecule has 0 aromatic carbocycles. The standard InChI is InChI=1S/C17H28O/c1-3-7-14-13-8-6-10-15(12(13)2)17(18)11-5-4-9-16(14)17/h13-16,18H,2-11H2,1H3. The van der Waals surface area contributed by atoms with E-state index in [1.807, 2.05) is 0 Å². The molecule has 102 valence electrons. The minimum Gasteiger partial charge on any atom is -0.389 e. The SMILES string of the molecule is C=C1C2CCCC1C1(O)CCCCC1C2CCC. The van der Waals surface area contributed by atoms with Crippen molar-refractivity contribution in [1.82, 2.24) is 0 Å². The average Bonchev–Trinajstić information content (AvgIpc) is 2.36. The second-order valence-electron chi connectivity index (χ2n) is 6.96. The zero-order chi connectivity index (χ0) is 12.8. The van der Waals surface area contributed by atoms with Crippen molar-refractivity contribution in [1.29, 1.82) is 0 Å². The Morgan fingerprint density at radius 2 is 2.06 bits per heavy atom. The van der Waals surface area contributed by atoms with E-state index in [1.165, 1.54) is 56.9 Å². The van der Waals surface area contributed by atoms with Crippen LogP contribution in [0.1, 0.15) is 64.7 Å². The largest absolute Gasteiger partial charge is 0.389 e. The van der Waals surface area contributed by atoms with E-state index in [4.69, 9.17) is 0 Å². The molecule has 0 spiro atoms. The number of hydrogen-bond acceptors (Lipinski definition) is 1. The van der Waals surface area contributed by atoms with Crippen LogP contribution < -0.4 is 0 Å². The summed E-state index contributed by atoms with van der Waals surface area (Å²) in [4.78, 5) is 0. The zero-order valence-electron chi connectivity index (χ0n) is 11.8. The van der Waals surface area contributed by atoms with Gasteiger partial charge in [-0.2, -0.15) is 0 Å². The lowest BCUT2D eigenvalue weighted by molar-refractivity contribution is -0.145. The van der Waals surface area contributed by atoms with Gasteiger partial charge in [-0.15, -0.1) is 0 Å². The van der Waals surface area contributed by atoms with Crippen molar-refractivity contribution in [3.63, 3.8) is 0 Å². The summed E-state index contributed by atoms with van der Waals surface area (Å²) >= 11 is 0. The molecule has 0 amide bonds. The van der Waals surface area contributed by atoms with E-state index in [2.05, 4.69) is 13.5 Å². The lowest BCUT2D eigenvalue weighted by Crippen LogP contribution is -2.58. The van der Waals surface area contributed by atoms with E-state index in [0.717, 1.165) is 18.3 Å². The third kappa shape index (κ3) is 1.70. The molecule has 3 aliphatic carbocycles. The molecule has 0 radical (unpaired) electrons. The van der Waals surface area contributed by atoms with Crippen LogP contribution in [-0.2, 0) is 0 Å². The van der Waals surface area contributed by atoms with Crippen LogP contribution in [0.2, 0.25) is 0 Å². The van der Waals surface area contributed by atoms with Crippen molar-refractivity contribution in [2.45, 2.75) is 70.3 Å². The molecular formula is C17H28O. The lowest BCUT2D eigenvalue weighted by atomic mass is 9.49. The summed E-state index contributed by atoms with van der Waals surface area (Å²) in [5.74, 6) is 2.46. The first kappa shape index (κ1) is 12.7. The molecule has 1 heteroatoms. The highest BCUT2D eigenvalue weighted by Gasteiger charge is 2.56. The fourth-order valence-corrected chi connectivity index (χ4v) is 5.47. The van der Waals surface area contributed by atoms with Gasteiger partial charge in [0.15, 0.2) is 0 Å². The summed E-state index contributed by atoms with van der Waals surface area (Å²) in [5, 5.41) is 11.3. The average molecular weight is 248 g/mol. The molecule has 0 saturated heterocycles. The van der Waals surface area contributed by atoms with Crippen LogP contribution in [0.25, 0.3) is 0 Å². The van der Waals surface area contributed by atoms with Crippen molar-refractivity contribution in [3.8, 4) is 0 Å². The molecule has 0 aromatic heterocycles. The van der Waals surface area contributed by atoms with Gasteiger partial charge in [0.25, 0.3) is 0 Å². The van der Waals surface area contributed by atoms with Crippen molar-refractivity contribution in [2.75, 3.05) is 0 Å². The van der Waals surface area contributed by atoms with E-state index in [0.29, 0.717) is 11.8 Å². The van der Waals surface area contributed by atoms with E-state index in [1.54, 1.807) is 0 Å². The molecule has 0 aliphatic heterocycles. The Morgan fingerprint density at radius 3 is 2.83 bits per heavy atom. The molecule has 3 rings (SSSR count). The van der Waals surface area contributed by atoms with E-state index < -0.39 is 0 Å². The number of aliphatic hydroxyl groups is 1. The Morgan fingerprint density at radius 1 is 1.22 bits per heavy atom. The van der Waals surface area contributed by atoms with Gasteiger partial charge in [0.1, 0.15) is 0 Å². The van der Waals surface area contributed by atoms with Gasteiger partial charge in [0, 0.05) is 5.92 Å². The van der Waals surface area contributed by atoms with Gasteiger partial charge in [-0.05, 0) is 49.9 Å². The van der Waals surface area contributed by atoms with Gasteiger partial charge >= 0.3 is 0 Å². The van der Waals surface area contributed by atoms with E-state index >= 15 is 0 Å². The van der Waals surface area contributed by atoms with Crippen LogP contribution in [0.4, 0.5) is 0 Å². The molecule has 1 N–H and O–H groups in total. The Balaban J connectivity index is 1.96. The second kappa shape index (κ2) is 4.67. The molecule has 3 fully saturated rings. The fraction of sp³-hybridized carbons (Fsp3) is 0.882. The van der Waals surface area contributed by atoms with Crippen LogP contribution in [0.5, 0.6) is 0 Å². The first-order chi connectivity index (χ1) is 8.68. The first-order valence-electron chi connectivity index (χ1n) is 8.09. The number of rotatable bonds is 2. The zero-order valence-corrected chi connectivity index (χ0v) is 11.8. The van der Waals surface area contributed by atoms with Gasteiger partial charge in [-0.1, -0.05) is 44.8 Å². The maximum absolute atomic E-state index is 11.3. The first-order valence-corrected chi connectivity index (χ1v) is 8.09. The van der Waals surface area contributed by atoms with Gasteiger partial charge in [-0.25, -0.2) is 0 Å². The van der Waals surface area contributed by atoms with E-state index in [-0.39, 0.29) is 5.60 Å². The molecule has 3 saturated carbocycles. The van der Waals surface area contributed by atoms with Gasteiger partial charge in [0.05, 0.1) is 5.60 Å². The summed E-state index contributed by atoms with van der Waals surface area (Å²) in [6, 6.07) is 0. The maximum Gasteiger partial charge on any atom is 0.0743 e. The minimum absolute atomic E-state index is 0.383. The third-order valence-corrected chi connectivity index (χ3v) is 6.18. The van der Waals surface area contributed by atoms with Crippen molar-refractivity contribution in [3.05, 3.63) is 12.2 Å². The summed E-state index contributed by atoms with van der Waals surface area (Å²) in [7, 11) is 0. The molecule has 1 nitrogen and oxygen atoms in total. The van der Waals surface area contributed by atoms with Gasteiger partial charge in [0.2, 0.25) is 0 Å². The Kier molecular flexibility index (Phi) is 3.30. The lowest BCUT2D eigenvalue weighted by Gasteiger charge is -2.58. The molecule has 5 atom stereocenters. The highest BCUT2D eigenvalue weighted by molar-refractivity contribution is 5.23. The predicted octanol–water partition coefficient (Wildman–Crippen LogP) is 4.31. The van der Waals surface area contributed by atoms with Crippen LogP contribution in [0, 0.1) is 23.7 Å². The topological polar surface area (TPSA) is 20.2 Å². The van der Waals surface area contributed by atoms with Crippen LogP contribution in [-0.4, -0.2) is 10.7 Å². The molecule has 3 aliphatic rings. The normalized spacial score (nSPS) is 47.8. The molecule has 0 heterocycles. The summed E-state index contributed by atoms with van der Waals surface area (Å²) < 4.78 is 0. The van der Waals surface area contributed by atoms with Gasteiger partial charge in [-0.3, -0.25) is 0 Å². The summed E-state index contributed by atoms with van der Waals surface area (Å²) in [6.45, 7) is 6.70. The number of fused-ring (bicyclic) bond motifs is 4. The van der Waals surface area contributed by atoms with Crippen molar-refractivity contribution >= 4 is 0 Å². The molecule has 18 heavy (non-hydrogen) atoms. The van der Waals surface area contributed by atoms with Crippen molar-refractivity contribution in [2.24, 2.45) is 23.7 Å². The van der Waals surface area contributed by atoms with E-state index in [9.17, 15) is 5.11 Å². The van der Waals surface area contributed by atoms with Crippen LogP contribution in [0.3, 0.4) is 0 Å². The molecule has 2 bridgehead atoms. The Bertz CT molecular complexity index is 335. The number of hydrogen-bond donors (Lipinski definition) is 1. The highest BCUT2D eigenvalue weighted by Crippen LogP contribution is 2.59. The molecule has 5 unspecified atom stereocenters. The maximum atomic E-state index is 11.3. The van der Waals surface area contributed by atoms with Crippen LogP contribution >= 0.6 is 0 Å². The van der Waals surface area contributed by atoms with Crippen molar-refractivity contribution < 1.29 is 5.11 Å². The van der Waals surface area contributed by atoms with Gasteiger partial charge < -0.3 is 5.11 Å². The molecular weight excluding hydrogens is 220 g/mol. The predicted molar refractivity (Wildman–Crippen MR) is 75.3 cm³/mol. The smallest absolute Gasteiger partial charge is 0.0743 e. The quantitative estimate of drug-likeness (QED) is 0.722.